The number of aryl methyl sites for hydroxylation is 3. The van der Waals surface area contributed by atoms with E-state index in [1.807, 2.05) is 55.1 Å². The minimum atomic E-state index is 0.565. The second-order valence-electron chi connectivity index (χ2n) is 6.55. The van der Waals surface area contributed by atoms with Crippen molar-refractivity contribution < 1.29 is 4.74 Å². The Morgan fingerprint density at radius 1 is 1.11 bits per heavy atom. The van der Waals surface area contributed by atoms with Crippen LogP contribution in [0.5, 0.6) is 5.75 Å². The summed E-state index contributed by atoms with van der Waals surface area (Å²) >= 11 is 0. The molecule has 0 aliphatic heterocycles. The Morgan fingerprint density at radius 2 is 1.93 bits per heavy atom. The summed E-state index contributed by atoms with van der Waals surface area (Å²) in [5.41, 5.74) is 2.91. The molecule has 0 saturated heterocycles. The minimum Gasteiger partial charge on any atom is -0.496 e. The summed E-state index contributed by atoms with van der Waals surface area (Å²) in [6.45, 7) is 4.92. The number of rotatable bonds is 6. The summed E-state index contributed by atoms with van der Waals surface area (Å²) in [6, 6.07) is 11.9. The third kappa shape index (κ3) is 3.17. The fourth-order valence-corrected chi connectivity index (χ4v) is 3.29. The molecule has 0 bridgehead atoms. The fraction of sp³-hybridized carbons (Fsp3) is 0.300. The molecule has 8 heteroatoms. The van der Waals surface area contributed by atoms with E-state index in [-0.39, 0.29) is 0 Å². The number of hydrogen-bond donors (Lipinski definition) is 0. The minimum absolute atomic E-state index is 0.565. The van der Waals surface area contributed by atoms with Crippen molar-refractivity contribution in [2.45, 2.75) is 26.8 Å². The number of benzene rings is 1. The molecule has 0 spiro atoms. The highest BCUT2D eigenvalue weighted by molar-refractivity contribution is 5.53. The van der Waals surface area contributed by atoms with Crippen LogP contribution in [0.1, 0.15) is 24.0 Å². The molecule has 0 aliphatic rings. The van der Waals surface area contributed by atoms with Crippen LogP contribution in [-0.4, -0.2) is 41.4 Å². The highest BCUT2D eigenvalue weighted by Crippen LogP contribution is 2.24. The average Bonchev–Trinajstić information content (AvgIpc) is 3.40. The first-order valence-electron chi connectivity index (χ1n) is 9.21. The maximum atomic E-state index is 5.47. The van der Waals surface area contributed by atoms with Crippen molar-refractivity contribution in [2.75, 3.05) is 7.11 Å². The number of methoxy groups -OCH3 is 1. The lowest BCUT2D eigenvalue weighted by Crippen LogP contribution is -2.07. The van der Waals surface area contributed by atoms with Gasteiger partial charge in [0, 0.05) is 37.3 Å². The molecule has 0 fully saturated rings. The zero-order valence-corrected chi connectivity index (χ0v) is 16.5. The van der Waals surface area contributed by atoms with Crippen molar-refractivity contribution in [1.29, 1.82) is 0 Å². The van der Waals surface area contributed by atoms with Crippen molar-refractivity contribution in [1.82, 2.24) is 34.3 Å². The van der Waals surface area contributed by atoms with Crippen molar-refractivity contribution >= 4 is 0 Å². The molecule has 0 atom stereocenters. The van der Waals surface area contributed by atoms with E-state index in [2.05, 4.69) is 12.0 Å². The van der Waals surface area contributed by atoms with E-state index in [0.29, 0.717) is 18.1 Å². The normalized spacial score (nSPS) is 11.1. The summed E-state index contributed by atoms with van der Waals surface area (Å²) in [7, 11) is 3.56. The van der Waals surface area contributed by atoms with Crippen LogP contribution in [0.3, 0.4) is 0 Å². The van der Waals surface area contributed by atoms with Crippen molar-refractivity contribution in [3.63, 3.8) is 0 Å². The first-order chi connectivity index (χ1) is 13.6. The fourth-order valence-electron chi connectivity index (χ4n) is 3.29. The predicted octanol–water partition coefficient (Wildman–Crippen LogP) is 2.79. The van der Waals surface area contributed by atoms with Crippen LogP contribution in [0.15, 0.2) is 42.6 Å². The molecule has 4 aromatic rings. The van der Waals surface area contributed by atoms with Gasteiger partial charge in [-0.15, -0.1) is 5.10 Å². The molecule has 144 valence electrons. The molecule has 0 unspecified atom stereocenters. The standard InChI is InChI=1S/C20H23N7O/c1-5-26-14(2)12-16(23-26)20-22-18(13-15-8-6-7-9-17(15)28-4)24-27(20)19-10-11-21-25(19)3/h6-12H,5,13H2,1-4H3. The van der Waals surface area contributed by atoms with Crippen LogP contribution in [0.4, 0.5) is 0 Å². The molecular formula is C20H23N7O. The largest absolute Gasteiger partial charge is 0.496 e. The van der Waals surface area contributed by atoms with Crippen LogP contribution >= 0.6 is 0 Å². The molecule has 3 aromatic heterocycles. The van der Waals surface area contributed by atoms with Gasteiger partial charge in [0.1, 0.15) is 11.4 Å². The van der Waals surface area contributed by atoms with E-state index in [9.17, 15) is 0 Å². The lowest BCUT2D eigenvalue weighted by molar-refractivity contribution is 0.410. The molecule has 0 radical (unpaired) electrons. The lowest BCUT2D eigenvalue weighted by Gasteiger charge is -2.05. The number of hydrogen-bond acceptors (Lipinski definition) is 5. The third-order valence-electron chi connectivity index (χ3n) is 4.71. The molecule has 0 N–H and O–H groups in total. The highest BCUT2D eigenvalue weighted by Gasteiger charge is 2.19. The molecule has 28 heavy (non-hydrogen) atoms. The predicted molar refractivity (Wildman–Crippen MR) is 106 cm³/mol. The van der Waals surface area contributed by atoms with E-state index >= 15 is 0 Å². The zero-order chi connectivity index (χ0) is 19.7. The van der Waals surface area contributed by atoms with Gasteiger partial charge in [0.05, 0.1) is 13.3 Å². The Kier molecular flexibility index (Phi) is 4.68. The van der Waals surface area contributed by atoms with E-state index in [1.165, 1.54) is 0 Å². The number of ether oxygens (including phenoxy) is 1. The number of aromatic nitrogens is 7. The molecule has 8 nitrogen and oxygen atoms in total. The van der Waals surface area contributed by atoms with Gasteiger partial charge in [0.2, 0.25) is 0 Å². The molecule has 1 aromatic carbocycles. The Hall–Kier alpha value is -3.42. The second-order valence-corrected chi connectivity index (χ2v) is 6.55. The number of nitrogens with zero attached hydrogens (tertiary/aromatic N) is 7. The van der Waals surface area contributed by atoms with E-state index < -0.39 is 0 Å². The van der Waals surface area contributed by atoms with E-state index in [0.717, 1.165) is 35.1 Å². The summed E-state index contributed by atoms with van der Waals surface area (Å²) in [4.78, 5) is 4.82. The van der Waals surface area contributed by atoms with Crippen LogP contribution in [0, 0.1) is 6.92 Å². The van der Waals surface area contributed by atoms with Gasteiger partial charge in [-0.2, -0.15) is 14.9 Å². The first-order valence-corrected chi connectivity index (χ1v) is 9.21. The molecule has 0 saturated carbocycles. The molecular weight excluding hydrogens is 354 g/mol. The van der Waals surface area contributed by atoms with Gasteiger partial charge in [-0.3, -0.25) is 9.36 Å². The van der Waals surface area contributed by atoms with Gasteiger partial charge in [-0.05, 0) is 26.0 Å². The van der Waals surface area contributed by atoms with E-state index in [1.54, 1.807) is 22.7 Å². The molecule has 4 rings (SSSR count). The van der Waals surface area contributed by atoms with Crippen LogP contribution in [-0.2, 0) is 20.0 Å². The SMILES string of the molecule is CCn1nc(-c2nc(Cc3ccccc3OC)nn2-c2ccnn2C)cc1C. The van der Waals surface area contributed by atoms with Crippen LogP contribution in [0.25, 0.3) is 17.3 Å². The van der Waals surface area contributed by atoms with Crippen LogP contribution < -0.4 is 4.74 Å². The van der Waals surface area contributed by atoms with Gasteiger partial charge in [0.25, 0.3) is 0 Å². The maximum Gasteiger partial charge on any atom is 0.185 e. The van der Waals surface area contributed by atoms with Gasteiger partial charge in [0.15, 0.2) is 17.5 Å². The zero-order valence-electron chi connectivity index (χ0n) is 16.5. The topological polar surface area (TPSA) is 75.6 Å². The Labute approximate surface area is 163 Å². The smallest absolute Gasteiger partial charge is 0.185 e. The highest BCUT2D eigenvalue weighted by atomic mass is 16.5. The summed E-state index contributed by atoms with van der Waals surface area (Å²) < 4.78 is 11.0. The lowest BCUT2D eigenvalue weighted by atomic mass is 10.1. The first kappa shape index (κ1) is 18.0. The van der Waals surface area contributed by atoms with Gasteiger partial charge in [-0.1, -0.05) is 18.2 Å². The third-order valence-corrected chi connectivity index (χ3v) is 4.71. The maximum absolute atomic E-state index is 5.47. The number of para-hydroxylation sites is 1. The van der Waals surface area contributed by atoms with Crippen molar-refractivity contribution in [3.05, 3.63) is 59.7 Å². The van der Waals surface area contributed by atoms with Crippen molar-refractivity contribution in [3.8, 4) is 23.1 Å². The Bertz CT molecular complexity index is 1110. The monoisotopic (exact) mass is 377 g/mol. The van der Waals surface area contributed by atoms with Crippen LogP contribution in [0.2, 0.25) is 0 Å². The summed E-state index contributed by atoms with van der Waals surface area (Å²) in [6.07, 6.45) is 2.31. The quantitative estimate of drug-likeness (QED) is 0.516. The van der Waals surface area contributed by atoms with Gasteiger partial charge >= 0.3 is 0 Å². The molecule has 0 amide bonds. The second kappa shape index (κ2) is 7.30. The Morgan fingerprint density at radius 3 is 2.61 bits per heavy atom. The summed E-state index contributed by atoms with van der Waals surface area (Å²) in [5, 5.41) is 13.7. The van der Waals surface area contributed by atoms with Gasteiger partial charge in [-0.25, -0.2) is 4.98 Å². The van der Waals surface area contributed by atoms with Crippen molar-refractivity contribution in [2.24, 2.45) is 7.05 Å². The molecule has 0 aliphatic carbocycles. The average molecular weight is 377 g/mol. The van der Waals surface area contributed by atoms with E-state index in [4.69, 9.17) is 19.9 Å². The summed E-state index contributed by atoms with van der Waals surface area (Å²) in [5.74, 6) is 3.05. The molecule has 3 heterocycles. The van der Waals surface area contributed by atoms with Gasteiger partial charge < -0.3 is 4.74 Å². The Balaban J connectivity index is 1.81.